The first-order valence-corrected chi connectivity index (χ1v) is 7.43. The summed E-state index contributed by atoms with van der Waals surface area (Å²) in [7, 11) is 0. The maximum atomic E-state index is 12.3. The molecular formula is C16H16N4O2. The van der Waals surface area contributed by atoms with Crippen molar-refractivity contribution in [3.05, 3.63) is 48.3 Å². The fourth-order valence-electron chi connectivity index (χ4n) is 2.72. The number of para-hydroxylation sites is 1. The largest absolute Gasteiger partial charge is 0.327 e. The molecule has 0 unspecified atom stereocenters. The third-order valence-electron chi connectivity index (χ3n) is 4.06. The topological polar surface area (TPSA) is 58.4 Å². The Morgan fingerprint density at radius 3 is 2.59 bits per heavy atom. The number of carbonyl (C=O) groups excluding carboxylic acids is 2. The number of hydrogen-bond donors (Lipinski definition) is 0. The Balaban J connectivity index is 1.51. The van der Waals surface area contributed by atoms with Gasteiger partial charge in [-0.15, -0.1) is 0 Å². The van der Waals surface area contributed by atoms with Gasteiger partial charge in [0.05, 0.1) is 17.9 Å². The molecule has 1 aliphatic carbocycles. The second-order valence-corrected chi connectivity index (χ2v) is 5.71. The zero-order valence-corrected chi connectivity index (χ0v) is 12.1. The summed E-state index contributed by atoms with van der Waals surface area (Å²) in [5, 5.41) is 4.45. The number of carbonyl (C=O) groups is 2. The fraction of sp³-hybridized carbons (Fsp3) is 0.312. The van der Waals surface area contributed by atoms with Gasteiger partial charge >= 0.3 is 6.03 Å². The van der Waals surface area contributed by atoms with Gasteiger partial charge in [0.25, 0.3) is 5.91 Å². The van der Waals surface area contributed by atoms with Crippen molar-refractivity contribution in [2.75, 3.05) is 6.54 Å². The lowest BCUT2D eigenvalue weighted by molar-refractivity contribution is -0.125. The molecule has 2 heterocycles. The van der Waals surface area contributed by atoms with E-state index in [1.54, 1.807) is 9.58 Å². The van der Waals surface area contributed by atoms with Crippen molar-refractivity contribution in [2.45, 2.75) is 25.4 Å². The lowest BCUT2D eigenvalue weighted by atomic mass is 10.3. The standard InChI is InChI=1S/C16H16N4O2/c21-15-11-18(13-6-7-13)16(22)19(15)10-12-8-9-20(17-12)14-4-2-1-3-5-14/h1-5,8-9,13H,6-7,10-11H2. The first-order chi connectivity index (χ1) is 10.7. The normalized spacial score (nSPS) is 18.4. The van der Waals surface area contributed by atoms with Crippen LogP contribution in [0.1, 0.15) is 18.5 Å². The lowest BCUT2D eigenvalue weighted by Crippen LogP contribution is -2.33. The SMILES string of the molecule is O=C1CN(C2CC2)C(=O)N1Cc1ccn(-c2ccccc2)n1. The maximum absolute atomic E-state index is 12.3. The molecule has 3 amide bonds. The Morgan fingerprint density at radius 2 is 1.86 bits per heavy atom. The summed E-state index contributed by atoms with van der Waals surface area (Å²) in [5.74, 6) is -0.133. The van der Waals surface area contributed by atoms with E-state index in [1.807, 2.05) is 42.6 Å². The quantitative estimate of drug-likeness (QED) is 0.808. The Labute approximate surface area is 127 Å². The Kier molecular flexibility index (Phi) is 2.96. The van der Waals surface area contributed by atoms with Crippen molar-refractivity contribution in [3.8, 4) is 5.69 Å². The zero-order valence-electron chi connectivity index (χ0n) is 12.1. The van der Waals surface area contributed by atoms with Gasteiger partial charge in [-0.05, 0) is 31.0 Å². The molecule has 0 N–H and O–H groups in total. The minimum atomic E-state index is -0.179. The summed E-state index contributed by atoms with van der Waals surface area (Å²) < 4.78 is 1.75. The molecular weight excluding hydrogens is 280 g/mol. The van der Waals surface area contributed by atoms with E-state index in [0.29, 0.717) is 5.69 Å². The number of urea groups is 1. The maximum Gasteiger partial charge on any atom is 0.327 e. The molecule has 1 saturated heterocycles. The van der Waals surface area contributed by atoms with Crippen molar-refractivity contribution < 1.29 is 9.59 Å². The summed E-state index contributed by atoms with van der Waals surface area (Å²) in [6, 6.07) is 11.7. The van der Waals surface area contributed by atoms with Crippen LogP contribution in [-0.4, -0.2) is 44.1 Å². The molecule has 4 rings (SSSR count). The summed E-state index contributed by atoms with van der Waals surface area (Å²) >= 11 is 0. The van der Waals surface area contributed by atoms with Crippen LogP contribution in [0.25, 0.3) is 5.69 Å². The molecule has 0 radical (unpaired) electrons. The van der Waals surface area contributed by atoms with Gasteiger partial charge in [0.1, 0.15) is 6.54 Å². The molecule has 6 heteroatoms. The molecule has 1 aromatic carbocycles. The van der Waals surface area contributed by atoms with Crippen molar-refractivity contribution in [3.63, 3.8) is 0 Å². The van der Waals surface area contributed by atoms with Gasteiger partial charge in [0, 0.05) is 12.2 Å². The molecule has 2 aliphatic rings. The molecule has 0 atom stereocenters. The van der Waals surface area contributed by atoms with E-state index in [1.165, 1.54) is 4.90 Å². The van der Waals surface area contributed by atoms with Crippen LogP contribution in [0.15, 0.2) is 42.6 Å². The van der Waals surface area contributed by atoms with Crippen LogP contribution >= 0.6 is 0 Å². The number of imide groups is 1. The van der Waals surface area contributed by atoms with Crippen LogP contribution in [0.4, 0.5) is 4.79 Å². The molecule has 22 heavy (non-hydrogen) atoms. The summed E-state index contributed by atoms with van der Waals surface area (Å²) in [5.41, 5.74) is 1.66. The molecule has 1 saturated carbocycles. The first kappa shape index (κ1) is 13.1. The van der Waals surface area contributed by atoms with Gasteiger partial charge in [0.15, 0.2) is 0 Å². The van der Waals surface area contributed by atoms with E-state index < -0.39 is 0 Å². The Bertz CT molecular complexity index is 721. The Hall–Kier alpha value is -2.63. The van der Waals surface area contributed by atoms with E-state index in [2.05, 4.69) is 5.10 Å². The van der Waals surface area contributed by atoms with Crippen LogP contribution in [0.2, 0.25) is 0 Å². The molecule has 2 fully saturated rings. The average Bonchev–Trinajstić information content (AvgIpc) is 3.21. The zero-order chi connectivity index (χ0) is 15.1. The van der Waals surface area contributed by atoms with E-state index in [-0.39, 0.29) is 31.1 Å². The minimum Gasteiger partial charge on any atom is -0.312 e. The van der Waals surface area contributed by atoms with Gasteiger partial charge in [-0.1, -0.05) is 18.2 Å². The highest BCUT2D eigenvalue weighted by molar-refractivity contribution is 6.02. The number of nitrogens with zero attached hydrogens (tertiary/aromatic N) is 4. The van der Waals surface area contributed by atoms with Gasteiger partial charge < -0.3 is 4.90 Å². The minimum absolute atomic E-state index is 0.133. The Morgan fingerprint density at radius 1 is 1.09 bits per heavy atom. The molecule has 0 bridgehead atoms. The second-order valence-electron chi connectivity index (χ2n) is 5.71. The van der Waals surface area contributed by atoms with Gasteiger partial charge in [-0.3, -0.25) is 9.69 Å². The van der Waals surface area contributed by atoms with Crippen LogP contribution in [0.5, 0.6) is 0 Å². The van der Waals surface area contributed by atoms with Gasteiger partial charge in [-0.2, -0.15) is 5.10 Å². The second kappa shape index (κ2) is 4.98. The predicted octanol–water partition coefficient (Wildman–Crippen LogP) is 1.80. The highest BCUT2D eigenvalue weighted by Gasteiger charge is 2.43. The first-order valence-electron chi connectivity index (χ1n) is 7.43. The molecule has 0 spiro atoms. The fourth-order valence-corrected chi connectivity index (χ4v) is 2.72. The van der Waals surface area contributed by atoms with Crippen molar-refractivity contribution in [1.82, 2.24) is 19.6 Å². The van der Waals surface area contributed by atoms with E-state index in [4.69, 9.17) is 0 Å². The predicted molar refractivity (Wildman–Crippen MR) is 79.2 cm³/mol. The molecule has 6 nitrogen and oxygen atoms in total. The number of hydrogen-bond acceptors (Lipinski definition) is 3. The summed E-state index contributed by atoms with van der Waals surface area (Å²) in [4.78, 5) is 27.3. The van der Waals surface area contributed by atoms with Gasteiger partial charge in [-0.25, -0.2) is 9.48 Å². The highest BCUT2D eigenvalue weighted by atomic mass is 16.2. The van der Waals surface area contributed by atoms with Crippen LogP contribution < -0.4 is 0 Å². The van der Waals surface area contributed by atoms with Crippen LogP contribution in [0, 0.1) is 0 Å². The smallest absolute Gasteiger partial charge is 0.312 e. The third-order valence-corrected chi connectivity index (χ3v) is 4.06. The number of aromatic nitrogens is 2. The highest BCUT2D eigenvalue weighted by Crippen LogP contribution is 2.30. The van der Waals surface area contributed by atoms with E-state index >= 15 is 0 Å². The molecule has 1 aliphatic heterocycles. The summed E-state index contributed by atoms with van der Waals surface area (Å²) in [6.45, 7) is 0.448. The monoisotopic (exact) mass is 296 g/mol. The molecule has 1 aromatic heterocycles. The van der Waals surface area contributed by atoms with Crippen molar-refractivity contribution in [1.29, 1.82) is 0 Å². The third kappa shape index (κ3) is 2.26. The van der Waals surface area contributed by atoms with Crippen LogP contribution in [0.3, 0.4) is 0 Å². The van der Waals surface area contributed by atoms with E-state index in [0.717, 1.165) is 18.5 Å². The summed E-state index contributed by atoms with van der Waals surface area (Å²) in [6.07, 6.45) is 3.86. The molecule has 2 aromatic rings. The van der Waals surface area contributed by atoms with Crippen molar-refractivity contribution in [2.24, 2.45) is 0 Å². The average molecular weight is 296 g/mol. The number of benzene rings is 1. The van der Waals surface area contributed by atoms with E-state index in [9.17, 15) is 9.59 Å². The lowest BCUT2D eigenvalue weighted by Gasteiger charge is -2.15. The number of rotatable bonds is 4. The van der Waals surface area contributed by atoms with Gasteiger partial charge in [0.2, 0.25) is 0 Å². The van der Waals surface area contributed by atoms with Crippen molar-refractivity contribution >= 4 is 11.9 Å². The molecule has 112 valence electrons. The number of amides is 3. The van der Waals surface area contributed by atoms with Crippen LogP contribution in [-0.2, 0) is 11.3 Å².